The Bertz CT molecular complexity index is 410. The molecular formula is C14H24N4O. The molecule has 2 rings (SSSR count). The molecule has 1 fully saturated rings. The van der Waals surface area contributed by atoms with Gasteiger partial charge in [0.1, 0.15) is 0 Å². The molecule has 0 bridgehead atoms. The van der Waals surface area contributed by atoms with Gasteiger partial charge in [0.05, 0.1) is 19.3 Å². The molecule has 19 heavy (non-hydrogen) atoms. The van der Waals surface area contributed by atoms with Crippen LogP contribution in [0.4, 0.5) is 5.95 Å². The first-order valence-electron chi connectivity index (χ1n) is 7.10. The number of morpholine rings is 1. The molecule has 0 spiro atoms. The van der Waals surface area contributed by atoms with Gasteiger partial charge in [-0.25, -0.2) is 9.97 Å². The number of ether oxygens (including phenoxy) is 1. The predicted octanol–water partition coefficient (Wildman–Crippen LogP) is 1.51. The molecule has 1 aromatic rings. The highest BCUT2D eigenvalue weighted by Crippen LogP contribution is 2.16. The molecule has 5 nitrogen and oxygen atoms in total. The lowest BCUT2D eigenvalue weighted by Gasteiger charge is -2.33. The van der Waals surface area contributed by atoms with E-state index in [9.17, 15) is 0 Å². The van der Waals surface area contributed by atoms with Crippen LogP contribution in [-0.4, -0.2) is 42.3 Å². The quantitative estimate of drug-likeness (QED) is 0.817. The highest BCUT2D eigenvalue weighted by atomic mass is 16.5. The molecule has 2 heterocycles. The second-order valence-corrected chi connectivity index (χ2v) is 5.07. The van der Waals surface area contributed by atoms with Crippen LogP contribution in [0.15, 0.2) is 6.20 Å². The molecule has 1 atom stereocenters. The van der Waals surface area contributed by atoms with Gasteiger partial charge in [-0.1, -0.05) is 6.92 Å². The summed E-state index contributed by atoms with van der Waals surface area (Å²) in [4.78, 5) is 11.4. The number of aryl methyl sites for hydroxylation is 1. The third-order valence-corrected chi connectivity index (χ3v) is 3.44. The monoisotopic (exact) mass is 264 g/mol. The normalized spacial score (nSPS) is 19.7. The zero-order chi connectivity index (χ0) is 13.7. The van der Waals surface area contributed by atoms with E-state index in [1.54, 1.807) is 0 Å². The number of hydrogen-bond donors (Lipinski definition) is 1. The predicted molar refractivity (Wildman–Crippen MR) is 76.4 cm³/mol. The van der Waals surface area contributed by atoms with Crippen molar-refractivity contribution in [2.24, 2.45) is 0 Å². The van der Waals surface area contributed by atoms with Crippen molar-refractivity contribution < 1.29 is 4.74 Å². The Morgan fingerprint density at radius 2 is 2.37 bits per heavy atom. The van der Waals surface area contributed by atoms with Gasteiger partial charge in [0, 0.05) is 30.5 Å². The van der Waals surface area contributed by atoms with Gasteiger partial charge >= 0.3 is 0 Å². The molecule has 0 saturated carbocycles. The summed E-state index contributed by atoms with van der Waals surface area (Å²) in [6.07, 6.45) is 3.09. The Morgan fingerprint density at radius 1 is 1.53 bits per heavy atom. The van der Waals surface area contributed by atoms with Gasteiger partial charge in [-0.15, -0.1) is 0 Å². The second-order valence-electron chi connectivity index (χ2n) is 5.07. The van der Waals surface area contributed by atoms with Gasteiger partial charge in [0.25, 0.3) is 0 Å². The molecule has 0 aromatic carbocycles. The zero-order valence-corrected chi connectivity index (χ0v) is 12.1. The van der Waals surface area contributed by atoms with Crippen molar-refractivity contribution in [3.63, 3.8) is 0 Å². The summed E-state index contributed by atoms with van der Waals surface area (Å²) in [6.45, 7) is 10.6. The Hall–Kier alpha value is -1.20. The Kier molecular flexibility index (Phi) is 5.10. The van der Waals surface area contributed by atoms with Crippen molar-refractivity contribution in [2.45, 2.75) is 39.8 Å². The van der Waals surface area contributed by atoms with Gasteiger partial charge < -0.3 is 15.0 Å². The Labute approximate surface area is 115 Å². The third kappa shape index (κ3) is 3.64. The van der Waals surface area contributed by atoms with Crippen molar-refractivity contribution in [3.05, 3.63) is 17.5 Å². The van der Waals surface area contributed by atoms with Crippen molar-refractivity contribution in [1.29, 1.82) is 0 Å². The van der Waals surface area contributed by atoms with Crippen molar-refractivity contribution >= 4 is 5.95 Å². The minimum atomic E-state index is 0.345. The lowest BCUT2D eigenvalue weighted by Crippen LogP contribution is -2.44. The zero-order valence-electron chi connectivity index (χ0n) is 12.1. The molecule has 0 amide bonds. The molecule has 0 radical (unpaired) electrons. The maximum Gasteiger partial charge on any atom is 0.225 e. The van der Waals surface area contributed by atoms with Crippen LogP contribution in [0, 0.1) is 6.92 Å². The van der Waals surface area contributed by atoms with E-state index in [0.29, 0.717) is 6.04 Å². The van der Waals surface area contributed by atoms with E-state index in [1.165, 1.54) is 5.56 Å². The van der Waals surface area contributed by atoms with E-state index in [4.69, 9.17) is 4.74 Å². The molecular weight excluding hydrogens is 240 g/mol. The van der Waals surface area contributed by atoms with E-state index in [2.05, 4.69) is 41.0 Å². The summed E-state index contributed by atoms with van der Waals surface area (Å²) in [5, 5.41) is 3.39. The van der Waals surface area contributed by atoms with Gasteiger partial charge in [-0.05, 0) is 26.8 Å². The topological polar surface area (TPSA) is 50.3 Å². The SMILES string of the molecule is CCCNCc1cnc(N2CCOCC2C)nc1C. The number of rotatable bonds is 5. The molecule has 1 aliphatic heterocycles. The van der Waals surface area contributed by atoms with Crippen LogP contribution in [0.2, 0.25) is 0 Å². The average Bonchev–Trinajstić information content (AvgIpc) is 2.41. The highest BCUT2D eigenvalue weighted by Gasteiger charge is 2.21. The molecule has 1 unspecified atom stereocenters. The molecule has 1 N–H and O–H groups in total. The molecule has 1 aliphatic rings. The summed E-state index contributed by atoms with van der Waals surface area (Å²) in [6, 6.07) is 0.345. The fraction of sp³-hybridized carbons (Fsp3) is 0.714. The third-order valence-electron chi connectivity index (χ3n) is 3.44. The fourth-order valence-corrected chi connectivity index (χ4v) is 2.22. The van der Waals surface area contributed by atoms with Crippen LogP contribution in [0.25, 0.3) is 0 Å². The summed E-state index contributed by atoms with van der Waals surface area (Å²) in [5.41, 5.74) is 2.24. The second kappa shape index (κ2) is 6.82. The number of nitrogens with one attached hydrogen (secondary N) is 1. The van der Waals surface area contributed by atoms with E-state index in [0.717, 1.165) is 50.9 Å². The summed E-state index contributed by atoms with van der Waals surface area (Å²) in [5.74, 6) is 0.826. The van der Waals surface area contributed by atoms with Crippen LogP contribution in [0.5, 0.6) is 0 Å². The number of hydrogen-bond acceptors (Lipinski definition) is 5. The van der Waals surface area contributed by atoms with Crippen LogP contribution in [0.3, 0.4) is 0 Å². The van der Waals surface area contributed by atoms with Gasteiger partial charge in [-0.2, -0.15) is 0 Å². The largest absolute Gasteiger partial charge is 0.377 e. The van der Waals surface area contributed by atoms with Crippen LogP contribution < -0.4 is 10.2 Å². The first kappa shape index (κ1) is 14.2. The van der Waals surface area contributed by atoms with Crippen LogP contribution in [-0.2, 0) is 11.3 Å². The van der Waals surface area contributed by atoms with Gasteiger partial charge in [0.15, 0.2) is 0 Å². The van der Waals surface area contributed by atoms with Crippen molar-refractivity contribution in [1.82, 2.24) is 15.3 Å². The van der Waals surface area contributed by atoms with Crippen molar-refractivity contribution in [3.8, 4) is 0 Å². The standard InChI is InChI=1S/C14H24N4O/c1-4-5-15-8-13-9-16-14(17-12(13)3)18-6-7-19-10-11(18)2/h9,11,15H,4-8,10H2,1-3H3. The lowest BCUT2D eigenvalue weighted by atomic mass is 10.2. The summed E-state index contributed by atoms with van der Waals surface area (Å²) >= 11 is 0. The first-order chi connectivity index (χ1) is 9.22. The van der Waals surface area contributed by atoms with Crippen LogP contribution in [0.1, 0.15) is 31.5 Å². The van der Waals surface area contributed by atoms with Crippen molar-refractivity contribution in [2.75, 3.05) is 31.2 Å². The highest BCUT2D eigenvalue weighted by molar-refractivity contribution is 5.34. The molecule has 0 aliphatic carbocycles. The maximum atomic E-state index is 5.45. The fourth-order valence-electron chi connectivity index (χ4n) is 2.22. The lowest BCUT2D eigenvalue weighted by molar-refractivity contribution is 0.0980. The Balaban J connectivity index is 2.05. The summed E-state index contributed by atoms with van der Waals surface area (Å²) in [7, 11) is 0. The Morgan fingerprint density at radius 3 is 3.05 bits per heavy atom. The molecule has 5 heteroatoms. The number of anilines is 1. The summed E-state index contributed by atoms with van der Waals surface area (Å²) < 4.78 is 5.45. The van der Waals surface area contributed by atoms with Gasteiger partial charge in [-0.3, -0.25) is 0 Å². The van der Waals surface area contributed by atoms with Gasteiger partial charge in [0.2, 0.25) is 5.95 Å². The van der Waals surface area contributed by atoms with E-state index < -0.39 is 0 Å². The molecule has 1 aromatic heterocycles. The minimum Gasteiger partial charge on any atom is -0.377 e. The average molecular weight is 264 g/mol. The first-order valence-corrected chi connectivity index (χ1v) is 7.10. The smallest absolute Gasteiger partial charge is 0.225 e. The van der Waals surface area contributed by atoms with E-state index >= 15 is 0 Å². The van der Waals surface area contributed by atoms with Crippen LogP contribution >= 0.6 is 0 Å². The minimum absolute atomic E-state index is 0.345. The molecule has 106 valence electrons. The van der Waals surface area contributed by atoms with E-state index in [1.807, 2.05) is 6.20 Å². The molecule has 1 saturated heterocycles. The number of aromatic nitrogens is 2. The van der Waals surface area contributed by atoms with E-state index in [-0.39, 0.29) is 0 Å². The number of nitrogens with zero attached hydrogens (tertiary/aromatic N) is 3. The maximum absolute atomic E-state index is 5.45.